The number of carboxylic acid groups (broad SMARTS) is 1. The second kappa shape index (κ2) is 10.7. The summed E-state index contributed by atoms with van der Waals surface area (Å²) in [5, 5.41) is 13.3. The summed E-state index contributed by atoms with van der Waals surface area (Å²) in [5.41, 5.74) is 2.70. The van der Waals surface area contributed by atoms with E-state index in [1.807, 2.05) is 13.0 Å². The molecule has 1 saturated heterocycles. The Morgan fingerprint density at radius 1 is 1.19 bits per heavy atom. The van der Waals surface area contributed by atoms with Gasteiger partial charge in [0.2, 0.25) is 5.95 Å². The SMILES string of the molecule is Cc1ccc(Cl)cc1CN(C(=O)O)c1ccnc(Nc2ccc(N3C[C@@H](C)N(C)[C@@H](C)C3)c(F)c2)n1. The fourth-order valence-corrected chi connectivity index (χ4v) is 4.55. The summed E-state index contributed by atoms with van der Waals surface area (Å²) < 4.78 is 15.1. The van der Waals surface area contributed by atoms with Gasteiger partial charge < -0.3 is 15.3 Å². The van der Waals surface area contributed by atoms with E-state index in [0.717, 1.165) is 29.1 Å². The third kappa shape index (κ3) is 5.68. The van der Waals surface area contributed by atoms with Crippen LogP contribution in [0.25, 0.3) is 0 Å². The first-order chi connectivity index (χ1) is 17.1. The maximum absolute atomic E-state index is 15.1. The minimum atomic E-state index is -1.16. The fourth-order valence-electron chi connectivity index (χ4n) is 4.36. The molecule has 1 aromatic heterocycles. The maximum Gasteiger partial charge on any atom is 0.413 e. The lowest BCUT2D eigenvalue weighted by atomic mass is 10.1. The van der Waals surface area contributed by atoms with Gasteiger partial charge in [0.15, 0.2) is 0 Å². The van der Waals surface area contributed by atoms with Crippen molar-refractivity contribution < 1.29 is 14.3 Å². The molecule has 0 saturated carbocycles. The number of piperazine rings is 1. The number of aromatic nitrogens is 2. The lowest BCUT2D eigenvalue weighted by molar-refractivity contribution is 0.169. The highest BCUT2D eigenvalue weighted by atomic mass is 35.5. The van der Waals surface area contributed by atoms with Gasteiger partial charge in [-0.05, 0) is 75.3 Å². The van der Waals surface area contributed by atoms with Crippen LogP contribution < -0.4 is 15.1 Å². The molecular weight excluding hydrogens is 483 g/mol. The highest BCUT2D eigenvalue weighted by Crippen LogP contribution is 2.28. The summed E-state index contributed by atoms with van der Waals surface area (Å²) in [6.07, 6.45) is 0.299. The molecule has 1 aliphatic rings. The van der Waals surface area contributed by atoms with Crippen LogP contribution in [0.2, 0.25) is 5.02 Å². The van der Waals surface area contributed by atoms with E-state index in [4.69, 9.17) is 11.6 Å². The second-order valence-electron chi connectivity index (χ2n) is 9.24. The molecule has 0 aliphatic carbocycles. The van der Waals surface area contributed by atoms with E-state index in [1.54, 1.807) is 24.3 Å². The van der Waals surface area contributed by atoms with Crippen LogP contribution in [0.1, 0.15) is 25.0 Å². The van der Waals surface area contributed by atoms with Gasteiger partial charge in [-0.3, -0.25) is 9.80 Å². The van der Waals surface area contributed by atoms with Crippen molar-refractivity contribution in [3.63, 3.8) is 0 Å². The van der Waals surface area contributed by atoms with Crippen LogP contribution in [0.4, 0.5) is 32.3 Å². The Hall–Kier alpha value is -3.43. The molecule has 1 aliphatic heterocycles. The summed E-state index contributed by atoms with van der Waals surface area (Å²) in [7, 11) is 2.09. The number of halogens is 2. The zero-order valence-corrected chi connectivity index (χ0v) is 21.5. The highest BCUT2D eigenvalue weighted by molar-refractivity contribution is 6.30. The normalized spacial score (nSPS) is 18.2. The van der Waals surface area contributed by atoms with Crippen molar-refractivity contribution in [2.75, 3.05) is 35.3 Å². The van der Waals surface area contributed by atoms with E-state index in [2.05, 4.69) is 46.0 Å². The van der Waals surface area contributed by atoms with Crippen molar-refractivity contribution in [1.82, 2.24) is 14.9 Å². The first-order valence-electron chi connectivity index (χ1n) is 11.7. The maximum atomic E-state index is 15.1. The third-order valence-electron chi connectivity index (χ3n) is 6.69. The van der Waals surface area contributed by atoms with Gasteiger partial charge in [0.05, 0.1) is 12.2 Å². The summed E-state index contributed by atoms with van der Waals surface area (Å²) in [5.74, 6) is 0.0103. The Balaban J connectivity index is 1.52. The van der Waals surface area contributed by atoms with Crippen molar-refractivity contribution in [3.05, 3.63) is 70.6 Å². The summed E-state index contributed by atoms with van der Waals surface area (Å²) >= 11 is 6.10. The van der Waals surface area contributed by atoms with Gasteiger partial charge in [-0.1, -0.05) is 17.7 Å². The number of hydrogen-bond donors (Lipinski definition) is 2. The Morgan fingerprint density at radius 2 is 1.92 bits per heavy atom. The number of carbonyl (C=O) groups is 1. The van der Waals surface area contributed by atoms with Gasteiger partial charge >= 0.3 is 6.09 Å². The lowest BCUT2D eigenvalue weighted by Gasteiger charge is -2.43. The molecule has 4 rings (SSSR count). The van der Waals surface area contributed by atoms with Crippen molar-refractivity contribution in [1.29, 1.82) is 0 Å². The largest absolute Gasteiger partial charge is 0.465 e. The van der Waals surface area contributed by atoms with E-state index in [1.165, 1.54) is 18.3 Å². The van der Waals surface area contributed by atoms with E-state index in [0.29, 0.717) is 28.5 Å². The number of nitrogens with one attached hydrogen (secondary N) is 1. The molecule has 2 atom stereocenters. The number of hydrogen-bond acceptors (Lipinski definition) is 6. The number of rotatable bonds is 6. The molecule has 0 unspecified atom stereocenters. The number of likely N-dealkylation sites (N-methyl/N-ethyl adjacent to an activating group) is 1. The van der Waals surface area contributed by atoms with Crippen LogP contribution in [0, 0.1) is 12.7 Å². The molecule has 10 heteroatoms. The predicted octanol–water partition coefficient (Wildman–Crippen LogP) is 5.53. The van der Waals surface area contributed by atoms with E-state index >= 15 is 4.39 Å². The minimum Gasteiger partial charge on any atom is -0.465 e. The first kappa shape index (κ1) is 25.7. The molecule has 1 fully saturated rings. The van der Waals surface area contributed by atoms with Crippen molar-refractivity contribution in [2.45, 2.75) is 39.4 Å². The fraction of sp³-hybridized carbons (Fsp3) is 0.346. The van der Waals surface area contributed by atoms with Crippen LogP contribution in [0.3, 0.4) is 0 Å². The van der Waals surface area contributed by atoms with E-state index in [-0.39, 0.29) is 24.1 Å². The standard InChI is InChI=1S/C26H30ClFN6O2/c1-16-5-6-20(27)11-19(16)15-34(26(35)36)24-9-10-29-25(31-24)30-21-7-8-23(22(28)12-21)33-13-17(2)32(4)18(3)14-33/h5-12,17-18H,13-15H2,1-4H3,(H,35,36)(H,29,30,31)/t17-,18+. The molecule has 0 bridgehead atoms. The van der Waals surface area contributed by atoms with Crippen LogP contribution in [0.15, 0.2) is 48.7 Å². The van der Waals surface area contributed by atoms with Crippen molar-refractivity contribution in [3.8, 4) is 0 Å². The molecule has 2 aromatic carbocycles. The van der Waals surface area contributed by atoms with Gasteiger partial charge in [0.1, 0.15) is 11.6 Å². The monoisotopic (exact) mass is 512 g/mol. The van der Waals surface area contributed by atoms with E-state index < -0.39 is 6.09 Å². The first-order valence-corrected chi connectivity index (χ1v) is 12.1. The van der Waals surface area contributed by atoms with E-state index in [9.17, 15) is 9.90 Å². The molecule has 190 valence electrons. The van der Waals surface area contributed by atoms with Crippen molar-refractivity contribution >= 4 is 40.8 Å². The second-order valence-corrected chi connectivity index (χ2v) is 9.67. The molecule has 0 radical (unpaired) electrons. The molecule has 36 heavy (non-hydrogen) atoms. The average molecular weight is 513 g/mol. The Labute approximate surface area is 215 Å². The van der Waals surface area contributed by atoms with Gasteiger partial charge in [-0.25, -0.2) is 14.2 Å². The molecule has 1 amide bonds. The average Bonchev–Trinajstić information content (AvgIpc) is 2.83. The Kier molecular flexibility index (Phi) is 7.61. The lowest BCUT2D eigenvalue weighted by Crippen LogP contribution is -2.55. The number of anilines is 4. The highest BCUT2D eigenvalue weighted by Gasteiger charge is 2.28. The van der Waals surface area contributed by atoms with Gasteiger partial charge in [-0.15, -0.1) is 0 Å². The summed E-state index contributed by atoms with van der Waals surface area (Å²) in [4.78, 5) is 26.0. The summed E-state index contributed by atoms with van der Waals surface area (Å²) in [6.45, 7) is 7.72. The molecule has 0 spiro atoms. The van der Waals surface area contributed by atoms with Gasteiger partial charge in [0, 0.05) is 42.1 Å². The smallest absolute Gasteiger partial charge is 0.413 e. The van der Waals surface area contributed by atoms with Crippen LogP contribution in [-0.2, 0) is 6.54 Å². The van der Waals surface area contributed by atoms with Crippen molar-refractivity contribution in [2.24, 2.45) is 0 Å². The Morgan fingerprint density at radius 3 is 2.58 bits per heavy atom. The zero-order chi connectivity index (χ0) is 26.0. The van der Waals surface area contributed by atoms with Crippen LogP contribution in [0.5, 0.6) is 0 Å². The number of benzene rings is 2. The van der Waals surface area contributed by atoms with Crippen LogP contribution >= 0.6 is 11.6 Å². The predicted molar refractivity (Wildman–Crippen MR) is 141 cm³/mol. The topological polar surface area (TPSA) is 84.8 Å². The molecule has 2 heterocycles. The number of amides is 1. The van der Waals surface area contributed by atoms with Crippen LogP contribution in [-0.4, -0.2) is 58.3 Å². The number of nitrogens with zero attached hydrogens (tertiary/aromatic N) is 5. The quantitative estimate of drug-likeness (QED) is 0.449. The van der Waals surface area contributed by atoms with Gasteiger partial charge in [-0.2, -0.15) is 4.98 Å². The van der Waals surface area contributed by atoms with Gasteiger partial charge in [0.25, 0.3) is 0 Å². The number of aryl methyl sites for hydroxylation is 1. The molecule has 2 N–H and O–H groups in total. The zero-order valence-electron chi connectivity index (χ0n) is 20.7. The molecular formula is C26H30ClFN6O2. The molecule has 3 aromatic rings. The summed E-state index contributed by atoms with van der Waals surface area (Å²) in [6, 6.07) is 12.4. The Bertz CT molecular complexity index is 1250. The third-order valence-corrected chi connectivity index (χ3v) is 6.93. The molecule has 8 nitrogen and oxygen atoms in total. The minimum absolute atomic E-state index is 0.0728.